The lowest BCUT2D eigenvalue weighted by Gasteiger charge is -2.30. The topological polar surface area (TPSA) is 119 Å². The number of halogens is 1. The summed E-state index contributed by atoms with van der Waals surface area (Å²) in [7, 11) is 0. The molecule has 1 aliphatic heterocycles. The molecule has 0 bridgehead atoms. The predicted molar refractivity (Wildman–Crippen MR) is 116 cm³/mol. The Hall–Kier alpha value is -4.07. The lowest BCUT2D eigenvalue weighted by molar-refractivity contribution is 0.163. The van der Waals surface area contributed by atoms with Gasteiger partial charge in [0.15, 0.2) is 17.0 Å². The van der Waals surface area contributed by atoms with Gasteiger partial charge in [-0.3, -0.25) is 4.57 Å². The minimum absolute atomic E-state index is 0.0661. The lowest BCUT2D eigenvalue weighted by Crippen LogP contribution is -2.38. The molecule has 0 N–H and O–H groups in total. The van der Waals surface area contributed by atoms with Crippen molar-refractivity contribution in [2.45, 2.75) is 38.7 Å². The van der Waals surface area contributed by atoms with Crippen molar-refractivity contribution in [3.05, 3.63) is 48.1 Å². The summed E-state index contributed by atoms with van der Waals surface area (Å²) >= 11 is 0. The number of piperidine rings is 1. The highest BCUT2D eigenvalue weighted by atomic mass is 19.1. The highest BCUT2D eigenvalue weighted by molar-refractivity contribution is 5.77. The number of fused-ring (bicyclic) bond motifs is 1. The second-order valence-corrected chi connectivity index (χ2v) is 8.14. The van der Waals surface area contributed by atoms with E-state index in [9.17, 15) is 4.39 Å². The summed E-state index contributed by atoms with van der Waals surface area (Å²) in [5.41, 5.74) is 1.36. The molecule has 1 aliphatic rings. The van der Waals surface area contributed by atoms with Gasteiger partial charge in [-0.05, 0) is 18.2 Å². The van der Waals surface area contributed by atoms with Crippen molar-refractivity contribution in [1.29, 1.82) is 5.26 Å². The monoisotopic (exact) mass is 448 g/mol. The Morgan fingerprint density at radius 3 is 2.73 bits per heavy atom. The zero-order valence-electron chi connectivity index (χ0n) is 18.1. The molecule has 0 spiro atoms. The molecule has 0 amide bonds. The van der Waals surface area contributed by atoms with Gasteiger partial charge in [-0.2, -0.15) is 15.2 Å². The summed E-state index contributed by atoms with van der Waals surface area (Å²) in [4.78, 5) is 19.4. The number of benzene rings is 1. The third-order valence-corrected chi connectivity index (χ3v) is 5.57. The summed E-state index contributed by atoms with van der Waals surface area (Å²) in [6, 6.07) is 6.71. The zero-order chi connectivity index (χ0) is 22.9. The number of rotatable bonds is 5. The third kappa shape index (κ3) is 3.95. The van der Waals surface area contributed by atoms with E-state index in [0.29, 0.717) is 42.0 Å². The molecular formula is C22H21FN8O2. The van der Waals surface area contributed by atoms with E-state index in [1.807, 2.05) is 19.9 Å². The first-order valence-corrected chi connectivity index (χ1v) is 10.7. The van der Waals surface area contributed by atoms with Gasteiger partial charge in [-0.25, -0.2) is 14.4 Å². The van der Waals surface area contributed by atoms with E-state index in [1.54, 1.807) is 6.07 Å². The molecule has 10 nitrogen and oxygen atoms in total. The normalized spacial score (nSPS) is 14.7. The molecule has 168 valence electrons. The van der Waals surface area contributed by atoms with Crippen molar-refractivity contribution in [2.75, 3.05) is 18.0 Å². The largest absolute Gasteiger partial charge is 0.473 e. The van der Waals surface area contributed by atoms with Crippen LogP contribution in [-0.2, 0) is 0 Å². The zero-order valence-corrected chi connectivity index (χ0v) is 18.1. The average Bonchev–Trinajstić information content (AvgIpc) is 3.48. The molecule has 0 atom stereocenters. The maximum absolute atomic E-state index is 14.5. The first-order valence-electron chi connectivity index (χ1n) is 10.7. The second kappa shape index (κ2) is 8.46. The van der Waals surface area contributed by atoms with Crippen LogP contribution in [0.3, 0.4) is 0 Å². The molecule has 4 heterocycles. The van der Waals surface area contributed by atoms with E-state index in [0.717, 1.165) is 12.8 Å². The molecule has 4 aromatic rings. The molecule has 0 saturated carbocycles. The highest BCUT2D eigenvalue weighted by Gasteiger charge is 2.26. The van der Waals surface area contributed by atoms with Gasteiger partial charge in [0.1, 0.15) is 24.6 Å². The van der Waals surface area contributed by atoms with Crippen molar-refractivity contribution in [1.82, 2.24) is 29.7 Å². The van der Waals surface area contributed by atoms with Crippen LogP contribution in [0, 0.1) is 17.1 Å². The molecule has 1 aromatic carbocycles. The first-order chi connectivity index (χ1) is 16.0. The molecule has 3 aromatic heterocycles. The predicted octanol–water partition coefficient (Wildman–Crippen LogP) is 3.38. The van der Waals surface area contributed by atoms with E-state index in [-0.39, 0.29) is 23.3 Å². The van der Waals surface area contributed by atoms with Gasteiger partial charge in [0.2, 0.25) is 5.88 Å². The van der Waals surface area contributed by atoms with Gasteiger partial charge in [-0.1, -0.05) is 19.0 Å². The summed E-state index contributed by atoms with van der Waals surface area (Å²) in [5, 5.41) is 13.0. The van der Waals surface area contributed by atoms with E-state index in [4.69, 9.17) is 14.5 Å². The van der Waals surface area contributed by atoms with Gasteiger partial charge >= 0.3 is 6.01 Å². The minimum Gasteiger partial charge on any atom is -0.473 e. The standard InChI is InChI=1S/C22H21FN8O2/c1-13(2)19-28-22(33-29-19)30-7-5-15(6-8-30)32-21-18-20(25-11-26-21)31(12-27-18)17-4-3-14(10-24)9-16(17)23/h3-4,9,11-13,15H,5-8H2,1-2H3. The van der Waals surface area contributed by atoms with Crippen LogP contribution in [0.1, 0.15) is 44.0 Å². The van der Waals surface area contributed by atoms with Gasteiger partial charge in [0, 0.05) is 31.8 Å². The van der Waals surface area contributed by atoms with E-state index in [2.05, 4.69) is 30.0 Å². The summed E-state index contributed by atoms with van der Waals surface area (Å²) in [6.45, 7) is 5.47. The van der Waals surface area contributed by atoms with Crippen LogP contribution in [0.25, 0.3) is 16.9 Å². The lowest BCUT2D eigenvalue weighted by atomic mass is 10.1. The number of aromatic nitrogens is 6. The quantitative estimate of drug-likeness (QED) is 0.452. The number of anilines is 1. The fourth-order valence-electron chi connectivity index (χ4n) is 3.76. The number of hydrogen-bond donors (Lipinski definition) is 0. The van der Waals surface area contributed by atoms with Gasteiger partial charge in [0.05, 0.1) is 17.3 Å². The second-order valence-electron chi connectivity index (χ2n) is 8.14. The Kier molecular flexibility index (Phi) is 5.34. The van der Waals surface area contributed by atoms with Gasteiger partial charge in [-0.15, -0.1) is 0 Å². The van der Waals surface area contributed by atoms with Crippen molar-refractivity contribution in [3.8, 4) is 17.6 Å². The molecule has 11 heteroatoms. The van der Waals surface area contributed by atoms with Crippen LogP contribution in [0.15, 0.2) is 35.4 Å². The van der Waals surface area contributed by atoms with E-state index >= 15 is 0 Å². The molecule has 0 aliphatic carbocycles. The van der Waals surface area contributed by atoms with Crippen LogP contribution >= 0.6 is 0 Å². The Morgan fingerprint density at radius 1 is 1.21 bits per heavy atom. The summed E-state index contributed by atoms with van der Waals surface area (Å²) in [5.74, 6) is 0.719. The number of hydrogen-bond acceptors (Lipinski definition) is 9. The number of ether oxygens (including phenoxy) is 1. The number of nitrogens with zero attached hydrogens (tertiary/aromatic N) is 8. The van der Waals surface area contributed by atoms with Crippen molar-refractivity contribution in [3.63, 3.8) is 0 Å². The molecule has 0 unspecified atom stereocenters. The average molecular weight is 448 g/mol. The number of nitriles is 1. The van der Waals surface area contributed by atoms with Crippen LogP contribution in [-0.4, -0.2) is 48.9 Å². The minimum atomic E-state index is -0.538. The maximum Gasteiger partial charge on any atom is 0.324 e. The number of imidazole rings is 1. The fraction of sp³-hybridized carbons (Fsp3) is 0.364. The highest BCUT2D eigenvalue weighted by Crippen LogP contribution is 2.27. The van der Waals surface area contributed by atoms with Crippen LogP contribution in [0.2, 0.25) is 0 Å². The molecule has 1 fully saturated rings. The Labute approximate surface area is 188 Å². The summed E-state index contributed by atoms with van der Waals surface area (Å²) in [6.07, 6.45) is 4.27. The van der Waals surface area contributed by atoms with Crippen molar-refractivity contribution < 1.29 is 13.7 Å². The maximum atomic E-state index is 14.5. The SMILES string of the molecule is CC(C)c1noc(N2CCC(Oc3ncnc4c3ncn4-c3ccc(C#N)cc3F)CC2)n1. The van der Waals surface area contributed by atoms with Crippen molar-refractivity contribution in [2.24, 2.45) is 0 Å². The molecule has 0 radical (unpaired) electrons. The van der Waals surface area contributed by atoms with Gasteiger partial charge in [0.25, 0.3) is 0 Å². The van der Waals surface area contributed by atoms with E-state index < -0.39 is 5.82 Å². The van der Waals surface area contributed by atoms with Crippen LogP contribution in [0.4, 0.5) is 10.4 Å². The Bertz CT molecular complexity index is 1330. The summed E-state index contributed by atoms with van der Waals surface area (Å²) < 4.78 is 27.6. The van der Waals surface area contributed by atoms with Gasteiger partial charge < -0.3 is 14.2 Å². The molecule has 33 heavy (non-hydrogen) atoms. The fourth-order valence-corrected chi connectivity index (χ4v) is 3.76. The third-order valence-electron chi connectivity index (χ3n) is 5.57. The smallest absolute Gasteiger partial charge is 0.324 e. The Morgan fingerprint density at radius 2 is 2.03 bits per heavy atom. The molecule has 5 rings (SSSR count). The van der Waals surface area contributed by atoms with E-state index in [1.165, 1.54) is 29.4 Å². The Balaban J connectivity index is 1.32. The van der Waals surface area contributed by atoms with Crippen molar-refractivity contribution >= 4 is 17.2 Å². The van der Waals surface area contributed by atoms with Crippen LogP contribution in [0.5, 0.6) is 5.88 Å². The van der Waals surface area contributed by atoms with Crippen LogP contribution < -0.4 is 9.64 Å². The molecule has 1 saturated heterocycles. The molecular weight excluding hydrogens is 427 g/mol. The first kappa shape index (κ1) is 20.8.